The highest BCUT2D eigenvalue weighted by Gasteiger charge is 2.35. The molecule has 1 heterocycles. The van der Waals surface area contributed by atoms with E-state index in [1.54, 1.807) is 18.2 Å². The SMILES string of the molecule is O=C(CCC(=O)NCC1(c2ccc(F)cc2)CCCC1)CCC(=O)c1cccs1. The lowest BCUT2D eigenvalue weighted by molar-refractivity contribution is -0.125. The van der Waals surface area contributed by atoms with E-state index in [9.17, 15) is 18.8 Å². The Hall–Kier alpha value is -2.34. The van der Waals surface area contributed by atoms with Gasteiger partial charge < -0.3 is 5.32 Å². The molecule has 4 nitrogen and oxygen atoms in total. The molecular formula is C23H26FNO3S. The number of thiophene rings is 1. The molecule has 29 heavy (non-hydrogen) atoms. The fraction of sp³-hybridized carbons (Fsp3) is 0.435. The third-order valence-corrected chi connectivity index (χ3v) is 6.61. The molecule has 1 aliphatic rings. The van der Waals surface area contributed by atoms with Crippen molar-refractivity contribution in [3.63, 3.8) is 0 Å². The maximum Gasteiger partial charge on any atom is 0.220 e. The van der Waals surface area contributed by atoms with Crippen molar-refractivity contribution in [1.82, 2.24) is 5.32 Å². The maximum absolute atomic E-state index is 13.3. The number of hydrogen-bond donors (Lipinski definition) is 1. The Labute approximate surface area is 174 Å². The van der Waals surface area contributed by atoms with Crippen LogP contribution in [0.15, 0.2) is 41.8 Å². The Bertz CT molecular complexity index is 840. The minimum absolute atomic E-state index is 0.0275. The summed E-state index contributed by atoms with van der Waals surface area (Å²) < 4.78 is 13.3. The van der Waals surface area contributed by atoms with E-state index in [1.807, 2.05) is 11.4 Å². The van der Waals surface area contributed by atoms with Crippen molar-refractivity contribution >= 4 is 28.8 Å². The molecule has 1 aromatic carbocycles. The number of carbonyl (C=O) groups excluding carboxylic acids is 3. The van der Waals surface area contributed by atoms with E-state index in [-0.39, 0.29) is 54.4 Å². The van der Waals surface area contributed by atoms with Crippen LogP contribution in [0, 0.1) is 5.82 Å². The second-order valence-corrected chi connectivity index (χ2v) is 8.66. The molecule has 0 bridgehead atoms. The van der Waals surface area contributed by atoms with Crippen LogP contribution in [0.2, 0.25) is 0 Å². The number of Topliss-reactive ketones (excluding diaryl/α,β-unsaturated/α-hetero) is 2. The zero-order chi connectivity index (χ0) is 20.7. The van der Waals surface area contributed by atoms with Gasteiger partial charge in [-0.2, -0.15) is 0 Å². The lowest BCUT2D eigenvalue weighted by Crippen LogP contribution is -2.39. The highest BCUT2D eigenvalue weighted by Crippen LogP contribution is 2.40. The first-order chi connectivity index (χ1) is 14.0. The van der Waals surface area contributed by atoms with Crippen LogP contribution in [-0.4, -0.2) is 24.0 Å². The van der Waals surface area contributed by atoms with Gasteiger partial charge in [-0.15, -0.1) is 11.3 Å². The molecule has 154 valence electrons. The molecular weight excluding hydrogens is 389 g/mol. The average molecular weight is 416 g/mol. The van der Waals surface area contributed by atoms with Gasteiger partial charge in [0.05, 0.1) is 4.88 Å². The van der Waals surface area contributed by atoms with E-state index in [4.69, 9.17) is 0 Å². The van der Waals surface area contributed by atoms with Crippen LogP contribution in [0.3, 0.4) is 0 Å². The van der Waals surface area contributed by atoms with Gasteiger partial charge in [-0.1, -0.05) is 31.0 Å². The van der Waals surface area contributed by atoms with Crippen molar-refractivity contribution in [2.45, 2.75) is 56.8 Å². The maximum atomic E-state index is 13.3. The zero-order valence-electron chi connectivity index (χ0n) is 16.4. The van der Waals surface area contributed by atoms with Crippen LogP contribution in [0.5, 0.6) is 0 Å². The highest BCUT2D eigenvalue weighted by molar-refractivity contribution is 7.12. The fourth-order valence-corrected chi connectivity index (χ4v) is 4.66. The first-order valence-corrected chi connectivity index (χ1v) is 11.0. The molecule has 0 atom stereocenters. The minimum Gasteiger partial charge on any atom is -0.355 e. The van der Waals surface area contributed by atoms with Crippen LogP contribution in [0.25, 0.3) is 0 Å². The largest absolute Gasteiger partial charge is 0.355 e. The average Bonchev–Trinajstić information content (AvgIpc) is 3.42. The first kappa shape index (κ1) is 21.4. The summed E-state index contributed by atoms with van der Waals surface area (Å²) in [7, 11) is 0. The zero-order valence-corrected chi connectivity index (χ0v) is 17.2. The molecule has 1 N–H and O–H groups in total. The highest BCUT2D eigenvalue weighted by atomic mass is 32.1. The van der Waals surface area contributed by atoms with Crippen LogP contribution >= 0.6 is 11.3 Å². The van der Waals surface area contributed by atoms with E-state index in [1.165, 1.54) is 23.5 Å². The number of carbonyl (C=O) groups is 3. The number of amides is 1. The third-order valence-electron chi connectivity index (χ3n) is 5.70. The van der Waals surface area contributed by atoms with E-state index in [2.05, 4.69) is 5.32 Å². The van der Waals surface area contributed by atoms with Gasteiger partial charge in [0.2, 0.25) is 5.91 Å². The number of benzene rings is 1. The van der Waals surface area contributed by atoms with Gasteiger partial charge in [0.1, 0.15) is 11.6 Å². The molecule has 0 unspecified atom stereocenters. The quantitative estimate of drug-likeness (QED) is 0.566. The molecule has 3 rings (SSSR count). The van der Waals surface area contributed by atoms with Crippen LogP contribution in [0.4, 0.5) is 4.39 Å². The summed E-state index contributed by atoms with van der Waals surface area (Å²) in [5.74, 6) is -0.516. The lowest BCUT2D eigenvalue weighted by atomic mass is 9.78. The van der Waals surface area contributed by atoms with Crippen LogP contribution < -0.4 is 5.32 Å². The molecule has 1 fully saturated rings. The molecule has 0 radical (unpaired) electrons. The Morgan fingerprint density at radius 2 is 1.66 bits per heavy atom. The van der Waals surface area contributed by atoms with Gasteiger partial charge >= 0.3 is 0 Å². The molecule has 1 amide bonds. The van der Waals surface area contributed by atoms with Crippen molar-refractivity contribution in [3.05, 3.63) is 58.0 Å². The summed E-state index contributed by atoms with van der Waals surface area (Å²) in [4.78, 5) is 36.9. The summed E-state index contributed by atoms with van der Waals surface area (Å²) in [5.41, 5.74) is 0.903. The number of rotatable bonds is 10. The van der Waals surface area contributed by atoms with Crippen LogP contribution in [-0.2, 0) is 15.0 Å². The monoisotopic (exact) mass is 415 g/mol. The van der Waals surface area contributed by atoms with Crippen molar-refractivity contribution in [1.29, 1.82) is 0 Å². The smallest absolute Gasteiger partial charge is 0.220 e. The lowest BCUT2D eigenvalue weighted by Gasteiger charge is -2.30. The topological polar surface area (TPSA) is 63.2 Å². The number of ketones is 2. The summed E-state index contributed by atoms with van der Waals surface area (Å²) in [6.45, 7) is 0.502. The van der Waals surface area contributed by atoms with E-state index >= 15 is 0 Å². The molecule has 0 saturated heterocycles. The van der Waals surface area contributed by atoms with E-state index in [0.29, 0.717) is 11.4 Å². The van der Waals surface area contributed by atoms with Gasteiger partial charge in [-0.3, -0.25) is 14.4 Å². The summed E-state index contributed by atoms with van der Waals surface area (Å²) >= 11 is 1.37. The fourth-order valence-electron chi connectivity index (χ4n) is 3.97. The number of hydrogen-bond acceptors (Lipinski definition) is 4. The van der Waals surface area contributed by atoms with Crippen molar-refractivity contribution in [2.24, 2.45) is 0 Å². The third kappa shape index (κ3) is 5.82. The molecule has 2 aromatic rings. The van der Waals surface area contributed by atoms with Crippen molar-refractivity contribution in [3.8, 4) is 0 Å². The summed E-state index contributed by atoms with van der Waals surface area (Å²) in [6, 6.07) is 10.1. The van der Waals surface area contributed by atoms with Gasteiger partial charge in [0.15, 0.2) is 5.78 Å². The number of nitrogens with one attached hydrogen (secondary N) is 1. The standard InChI is InChI=1S/C23H26FNO3S/c24-18-7-5-17(6-8-18)23(13-1-2-14-23)16-25-22(28)12-10-19(26)9-11-20(27)21-4-3-15-29-21/h3-8,15H,1-2,9-14,16H2,(H,25,28). The van der Waals surface area contributed by atoms with Crippen molar-refractivity contribution < 1.29 is 18.8 Å². The normalized spacial score (nSPS) is 15.2. The molecule has 6 heteroatoms. The summed E-state index contributed by atoms with van der Waals surface area (Å²) in [5, 5.41) is 4.81. The molecule has 0 spiro atoms. The Morgan fingerprint density at radius 3 is 2.31 bits per heavy atom. The predicted molar refractivity (Wildman–Crippen MR) is 112 cm³/mol. The van der Waals surface area contributed by atoms with Gasteiger partial charge in [-0.05, 0) is 42.0 Å². The minimum atomic E-state index is -0.262. The van der Waals surface area contributed by atoms with Crippen LogP contribution in [0.1, 0.15) is 66.6 Å². The van der Waals surface area contributed by atoms with Gasteiger partial charge in [-0.25, -0.2) is 4.39 Å². The van der Waals surface area contributed by atoms with Gasteiger partial charge in [0, 0.05) is 37.6 Å². The second-order valence-electron chi connectivity index (χ2n) is 7.71. The van der Waals surface area contributed by atoms with E-state index < -0.39 is 0 Å². The van der Waals surface area contributed by atoms with Crippen molar-refractivity contribution in [2.75, 3.05) is 6.54 Å². The first-order valence-electron chi connectivity index (χ1n) is 10.1. The molecule has 0 aliphatic heterocycles. The molecule has 1 saturated carbocycles. The Kier molecular flexibility index (Phi) is 7.31. The molecule has 1 aliphatic carbocycles. The summed E-state index contributed by atoms with van der Waals surface area (Å²) in [6.07, 6.45) is 4.73. The Balaban J connectivity index is 1.43. The van der Waals surface area contributed by atoms with Gasteiger partial charge in [0.25, 0.3) is 0 Å². The second kappa shape index (κ2) is 9.92. The molecule has 1 aromatic heterocycles. The van der Waals surface area contributed by atoms with E-state index in [0.717, 1.165) is 31.2 Å². The Morgan fingerprint density at radius 1 is 0.966 bits per heavy atom. The predicted octanol–water partition coefficient (Wildman–Crippen LogP) is 4.83. The number of halogens is 1.